The number of Topliss-reactive ketones (excluding diaryl/α,β-unsaturated/α-hetero) is 1. The molecule has 0 unspecified atom stereocenters. The highest BCUT2D eigenvalue weighted by Gasteiger charge is 2.36. The highest BCUT2D eigenvalue weighted by molar-refractivity contribution is 7.89. The summed E-state index contributed by atoms with van der Waals surface area (Å²) in [5, 5.41) is 0. The Morgan fingerprint density at radius 1 is 1.12 bits per heavy atom. The van der Waals surface area contributed by atoms with Crippen molar-refractivity contribution in [3.8, 4) is 0 Å². The van der Waals surface area contributed by atoms with Gasteiger partial charge in [-0.25, -0.2) is 13.2 Å². The maximum Gasteiger partial charge on any atom is 0.410 e. The number of carbonyl (C=O) groups excluding carboxylic acids is 2. The van der Waals surface area contributed by atoms with Gasteiger partial charge in [0.15, 0.2) is 5.78 Å². The first kappa shape index (κ1) is 20.4. The van der Waals surface area contributed by atoms with Crippen molar-refractivity contribution in [3.63, 3.8) is 0 Å². The van der Waals surface area contributed by atoms with Gasteiger partial charge in [-0.3, -0.25) is 4.79 Å². The number of piperazine rings is 1. The number of ketones is 1. The van der Waals surface area contributed by atoms with Crippen LogP contribution in [0, 0.1) is 0 Å². The first-order valence-electron chi connectivity index (χ1n) is 8.52. The topological polar surface area (TPSA) is 84.0 Å². The minimum Gasteiger partial charge on any atom is -0.444 e. The Hall–Kier alpha value is -1.93. The van der Waals surface area contributed by atoms with E-state index in [1.165, 1.54) is 40.4 Å². The molecule has 1 fully saturated rings. The summed E-state index contributed by atoms with van der Waals surface area (Å²) in [6.07, 6.45) is -0.438. The maximum atomic E-state index is 12.9. The van der Waals surface area contributed by atoms with Gasteiger partial charge in [-0.2, -0.15) is 4.31 Å². The largest absolute Gasteiger partial charge is 0.444 e. The summed E-state index contributed by atoms with van der Waals surface area (Å²) in [6.45, 7) is 9.29. The second-order valence-corrected chi connectivity index (χ2v) is 9.36. The van der Waals surface area contributed by atoms with Crippen LogP contribution in [0.25, 0.3) is 0 Å². The Balaban J connectivity index is 2.12. The molecular weight excluding hydrogens is 356 g/mol. The molecule has 0 aliphatic carbocycles. The van der Waals surface area contributed by atoms with Gasteiger partial charge >= 0.3 is 6.09 Å². The van der Waals surface area contributed by atoms with Crippen LogP contribution in [-0.2, 0) is 14.8 Å². The van der Waals surface area contributed by atoms with E-state index in [4.69, 9.17) is 4.74 Å². The molecule has 1 aliphatic heterocycles. The third-order valence-corrected chi connectivity index (χ3v) is 6.11. The number of rotatable bonds is 3. The lowest BCUT2D eigenvalue weighted by Gasteiger charge is -2.39. The average molecular weight is 382 g/mol. The van der Waals surface area contributed by atoms with Crippen LogP contribution in [-0.4, -0.2) is 60.8 Å². The molecule has 0 bridgehead atoms. The van der Waals surface area contributed by atoms with Gasteiger partial charge in [0.25, 0.3) is 0 Å². The van der Waals surface area contributed by atoms with Crippen LogP contribution in [0.5, 0.6) is 0 Å². The van der Waals surface area contributed by atoms with Gasteiger partial charge < -0.3 is 9.64 Å². The standard InChI is InChI=1S/C18H26N2O5S/c1-13-12-19(17(22)25-18(3,4)5)10-11-20(13)26(23,24)16-8-6-15(7-9-16)14(2)21/h6-9,13H,10-12H2,1-5H3/t13-/m1/s1. The average Bonchev–Trinajstić information content (AvgIpc) is 2.53. The SMILES string of the molecule is CC(=O)c1ccc(S(=O)(=O)N2CCN(C(=O)OC(C)(C)C)C[C@H]2C)cc1. The van der Waals surface area contributed by atoms with E-state index in [1.807, 2.05) is 0 Å². The second kappa shape index (κ2) is 7.36. The van der Waals surface area contributed by atoms with E-state index in [-0.39, 0.29) is 36.4 Å². The van der Waals surface area contributed by atoms with Gasteiger partial charge in [0, 0.05) is 31.2 Å². The van der Waals surface area contributed by atoms with E-state index in [2.05, 4.69) is 0 Å². The summed E-state index contributed by atoms with van der Waals surface area (Å²) < 4.78 is 32.5. The Kier molecular flexibility index (Phi) is 5.77. The van der Waals surface area contributed by atoms with Crippen molar-refractivity contribution in [2.45, 2.75) is 51.2 Å². The molecule has 0 spiro atoms. The Morgan fingerprint density at radius 3 is 2.15 bits per heavy atom. The number of benzene rings is 1. The molecule has 1 aromatic carbocycles. The molecule has 0 N–H and O–H groups in total. The zero-order chi connectivity index (χ0) is 19.7. The van der Waals surface area contributed by atoms with E-state index in [0.29, 0.717) is 5.56 Å². The number of hydrogen-bond acceptors (Lipinski definition) is 5. The summed E-state index contributed by atoms with van der Waals surface area (Å²) in [5.74, 6) is -0.117. The molecule has 0 saturated carbocycles. The normalized spacial score (nSPS) is 19.3. The lowest BCUT2D eigenvalue weighted by atomic mass is 10.2. The van der Waals surface area contributed by atoms with Crippen LogP contribution in [0.15, 0.2) is 29.2 Å². The minimum absolute atomic E-state index is 0.117. The van der Waals surface area contributed by atoms with Gasteiger partial charge in [-0.1, -0.05) is 12.1 Å². The van der Waals surface area contributed by atoms with Crippen LogP contribution >= 0.6 is 0 Å². The number of amides is 1. The lowest BCUT2D eigenvalue weighted by molar-refractivity contribution is 0.0143. The number of sulfonamides is 1. The fourth-order valence-electron chi connectivity index (χ4n) is 2.79. The van der Waals surface area contributed by atoms with Crippen molar-refractivity contribution in [3.05, 3.63) is 29.8 Å². The summed E-state index contributed by atoms with van der Waals surface area (Å²) in [7, 11) is -3.69. The number of carbonyl (C=O) groups is 2. The zero-order valence-electron chi connectivity index (χ0n) is 15.9. The third-order valence-electron chi connectivity index (χ3n) is 4.09. The number of ether oxygens (including phenoxy) is 1. The van der Waals surface area contributed by atoms with Crippen LogP contribution in [0.1, 0.15) is 45.0 Å². The molecule has 1 saturated heterocycles. The van der Waals surface area contributed by atoms with Crippen molar-refractivity contribution in [1.29, 1.82) is 0 Å². The molecule has 2 rings (SSSR count). The Labute approximate surface area is 155 Å². The van der Waals surface area contributed by atoms with Gasteiger partial charge in [-0.05, 0) is 46.8 Å². The van der Waals surface area contributed by atoms with E-state index in [9.17, 15) is 18.0 Å². The van der Waals surface area contributed by atoms with Gasteiger partial charge in [0.1, 0.15) is 5.60 Å². The van der Waals surface area contributed by atoms with Crippen molar-refractivity contribution < 1.29 is 22.7 Å². The predicted octanol–water partition coefficient (Wildman–Crippen LogP) is 2.52. The van der Waals surface area contributed by atoms with Crippen LogP contribution in [0.3, 0.4) is 0 Å². The molecule has 1 amide bonds. The number of hydrogen-bond donors (Lipinski definition) is 0. The Morgan fingerprint density at radius 2 is 1.69 bits per heavy atom. The smallest absolute Gasteiger partial charge is 0.410 e. The highest BCUT2D eigenvalue weighted by Crippen LogP contribution is 2.23. The number of nitrogens with zero attached hydrogens (tertiary/aromatic N) is 2. The van der Waals surface area contributed by atoms with E-state index >= 15 is 0 Å². The Bertz CT molecular complexity index is 781. The van der Waals surface area contributed by atoms with Crippen LogP contribution in [0.2, 0.25) is 0 Å². The molecule has 1 atom stereocenters. The second-order valence-electron chi connectivity index (χ2n) is 7.47. The van der Waals surface area contributed by atoms with Crippen molar-refractivity contribution >= 4 is 21.9 Å². The van der Waals surface area contributed by atoms with Crippen molar-refractivity contribution in [2.24, 2.45) is 0 Å². The molecule has 0 aromatic heterocycles. The molecule has 7 nitrogen and oxygen atoms in total. The summed E-state index contributed by atoms with van der Waals surface area (Å²) in [4.78, 5) is 25.2. The minimum atomic E-state index is -3.69. The molecule has 26 heavy (non-hydrogen) atoms. The summed E-state index contributed by atoms with van der Waals surface area (Å²) in [5.41, 5.74) is -0.131. The molecule has 144 valence electrons. The molecule has 1 aliphatic rings. The first-order valence-corrected chi connectivity index (χ1v) is 9.96. The lowest BCUT2D eigenvalue weighted by Crippen LogP contribution is -2.55. The van der Waals surface area contributed by atoms with E-state index in [0.717, 1.165) is 0 Å². The van der Waals surface area contributed by atoms with Crippen molar-refractivity contribution in [1.82, 2.24) is 9.21 Å². The van der Waals surface area contributed by atoms with Crippen molar-refractivity contribution in [2.75, 3.05) is 19.6 Å². The quantitative estimate of drug-likeness (QED) is 0.750. The molecular formula is C18H26N2O5S. The first-order chi connectivity index (χ1) is 11.9. The van der Waals surface area contributed by atoms with Crippen LogP contribution in [0.4, 0.5) is 4.79 Å². The monoisotopic (exact) mass is 382 g/mol. The highest BCUT2D eigenvalue weighted by atomic mass is 32.2. The van der Waals surface area contributed by atoms with Gasteiger partial charge in [-0.15, -0.1) is 0 Å². The van der Waals surface area contributed by atoms with Crippen LogP contribution < -0.4 is 0 Å². The van der Waals surface area contributed by atoms with Gasteiger partial charge in [0.2, 0.25) is 10.0 Å². The fraction of sp³-hybridized carbons (Fsp3) is 0.556. The molecule has 8 heteroatoms. The van der Waals surface area contributed by atoms with E-state index in [1.54, 1.807) is 27.7 Å². The maximum absolute atomic E-state index is 12.9. The van der Waals surface area contributed by atoms with E-state index < -0.39 is 21.7 Å². The predicted molar refractivity (Wildman–Crippen MR) is 97.6 cm³/mol. The third kappa shape index (κ3) is 4.62. The van der Waals surface area contributed by atoms with Gasteiger partial charge in [0.05, 0.1) is 4.90 Å². The fourth-order valence-corrected chi connectivity index (χ4v) is 4.40. The summed E-state index contributed by atoms with van der Waals surface area (Å²) in [6, 6.07) is 5.53. The molecule has 1 heterocycles. The summed E-state index contributed by atoms with van der Waals surface area (Å²) >= 11 is 0. The zero-order valence-corrected chi connectivity index (χ0v) is 16.7. The molecule has 0 radical (unpaired) electrons. The molecule has 1 aromatic rings.